The minimum absolute atomic E-state index is 0.119. The lowest BCUT2D eigenvalue weighted by Crippen LogP contribution is -2.06. The number of hydrogen-bond donors (Lipinski definition) is 0. The Kier molecular flexibility index (Phi) is 4.94. The highest BCUT2D eigenvalue weighted by Gasteiger charge is 2.14. The maximum absolute atomic E-state index is 13.3. The van der Waals surface area contributed by atoms with Gasteiger partial charge < -0.3 is 4.74 Å². The zero-order valence-electron chi connectivity index (χ0n) is 10.6. The SMILES string of the molecule is COc1cc(Br)ccc1C(=O)Cc1cc(F)cc(Br)c1. The fraction of sp³-hybridized carbons (Fsp3) is 0.133. The molecule has 2 aromatic rings. The summed E-state index contributed by atoms with van der Waals surface area (Å²) in [5.74, 6) is 0.0108. The van der Waals surface area contributed by atoms with Gasteiger partial charge >= 0.3 is 0 Å². The molecule has 0 saturated heterocycles. The molecule has 0 radical (unpaired) electrons. The van der Waals surface area contributed by atoms with Crippen LogP contribution >= 0.6 is 31.9 Å². The molecule has 0 N–H and O–H groups in total. The Labute approximate surface area is 133 Å². The summed E-state index contributed by atoms with van der Waals surface area (Å²) < 4.78 is 20.0. The predicted octanol–water partition coefficient (Wildman–Crippen LogP) is 4.78. The molecular formula is C15H11Br2FO2. The zero-order valence-corrected chi connectivity index (χ0v) is 13.8. The van der Waals surface area contributed by atoms with Gasteiger partial charge in [0, 0.05) is 15.4 Å². The molecular weight excluding hydrogens is 391 g/mol. The average molecular weight is 402 g/mol. The van der Waals surface area contributed by atoms with Gasteiger partial charge in [0.1, 0.15) is 11.6 Å². The quantitative estimate of drug-likeness (QED) is 0.688. The minimum atomic E-state index is -0.370. The molecule has 2 aromatic carbocycles. The van der Waals surface area contributed by atoms with Crippen molar-refractivity contribution in [1.82, 2.24) is 0 Å². The van der Waals surface area contributed by atoms with Crippen LogP contribution in [0.3, 0.4) is 0 Å². The van der Waals surface area contributed by atoms with E-state index < -0.39 is 0 Å². The van der Waals surface area contributed by atoms with Crippen LogP contribution in [0.25, 0.3) is 0 Å². The van der Waals surface area contributed by atoms with Crippen molar-refractivity contribution in [3.63, 3.8) is 0 Å². The predicted molar refractivity (Wildman–Crippen MR) is 82.8 cm³/mol. The van der Waals surface area contributed by atoms with Gasteiger partial charge in [-0.15, -0.1) is 0 Å². The van der Waals surface area contributed by atoms with Gasteiger partial charge in [0.15, 0.2) is 5.78 Å². The molecule has 0 aliphatic heterocycles. The van der Waals surface area contributed by atoms with Gasteiger partial charge in [-0.05, 0) is 42.0 Å². The van der Waals surface area contributed by atoms with Gasteiger partial charge in [0.25, 0.3) is 0 Å². The molecule has 0 atom stereocenters. The van der Waals surface area contributed by atoms with Crippen molar-refractivity contribution in [3.05, 3.63) is 62.3 Å². The van der Waals surface area contributed by atoms with Crippen LogP contribution in [-0.4, -0.2) is 12.9 Å². The number of methoxy groups -OCH3 is 1. The number of ketones is 1. The van der Waals surface area contributed by atoms with Crippen LogP contribution in [0.5, 0.6) is 5.75 Å². The minimum Gasteiger partial charge on any atom is -0.496 e. The van der Waals surface area contributed by atoms with E-state index in [-0.39, 0.29) is 18.0 Å². The molecule has 0 amide bonds. The molecule has 20 heavy (non-hydrogen) atoms. The lowest BCUT2D eigenvalue weighted by molar-refractivity contribution is 0.0990. The van der Waals surface area contributed by atoms with E-state index in [1.807, 2.05) is 0 Å². The molecule has 0 aromatic heterocycles. The molecule has 0 saturated carbocycles. The summed E-state index contributed by atoms with van der Waals surface area (Å²) in [7, 11) is 1.51. The largest absolute Gasteiger partial charge is 0.496 e. The third-order valence-electron chi connectivity index (χ3n) is 2.75. The summed E-state index contributed by atoms with van der Waals surface area (Å²) in [5, 5.41) is 0. The van der Waals surface area contributed by atoms with Crippen LogP contribution in [0.15, 0.2) is 45.3 Å². The van der Waals surface area contributed by atoms with E-state index in [4.69, 9.17) is 4.74 Å². The van der Waals surface area contributed by atoms with Crippen molar-refractivity contribution < 1.29 is 13.9 Å². The van der Waals surface area contributed by atoms with Gasteiger partial charge in [-0.3, -0.25) is 4.79 Å². The molecule has 0 bridgehead atoms. The Hall–Kier alpha value is -1.20. The monoisotopic (exact) mass is 400 g/mol. The maximum atomic E-state index is 13.3. The Balaban J connectivity index is 2.28. The van der Waals surface area contributed by atoms with Crippen molar-refractivity contribution in [3.8, 4) is 5.75 Å². The van der Waals surface area contributed by atoms with E-state index >= 15 is 0 Å². The number of benzene rings is 2. The van der Waals surface area contributed by atoms with Crippen molar-refractivity contribution in [2.24, 2.45) is 0 Å². The van der Waals surface area contributed by atoms with Gasteiger partial charge in [-0.1, -0.05) is 31.9 Å². The zero-order chi connectivity index (χ0) is 14.7. The third kappa shape index (κ3) is 3.67. The second kappa shape index (κ2) is 6.50. The molecule has 5 heteroatoms. The van der Waals surface area contributed by atoms with E-state index in [2.05, 4.69) is 31.9 Å². The van der Waals surface area contributed by atoms with E-state index in [1.54, 1.807) is 24.3 Å². The molecule has 104 valence electrons. The Morgan fingerprint density at radius 3 is 2.55 bits per heavy atom. The molecule has 2 nitrogen and oxygen atoms in total. The average Bonchev–Trinajstić information content (AvgIpc) is 2.37. The van der Waals surface area contributed by atoms with Crippen LogP contribution in [-0.2, 0) is 6.42 Å². The first-order chi connectivity index (χ1) is 9.49. The van der Waals surface area contributed by atoms with Crippen molar-refractivity contribution in [2.75, 3.05) is 7.11 Å². The van der Waals surface area contributed by atoms with E-state index in [1.165, 1.54) is 19.2 Å². The summed E-state index contributed by atoms with van der Waals surface area (Å²) in [6.45, 7) is 0. The van der Waals surface area contributed by atoms with Crippen LogP contribution < -0.4 is 4.74 Å². The number of carbonyl (C=O) groups is 1. The summed E-state index contributed by atoms with van der Waals surface area (Å²) >= 11 is 6.54. The first-order valence-corrected chi connectivity index (χ1v) is 7.40. The number of carbonyl (C=O) groups excluding carboxylic acids is 1. The number of halogens is 3. The van der Waals surface area contributed by atoms with Crippen LogP contribution in [0, 0.1) is 5.82 Å². The number of hydrogen-bond acceptors (Lipinski definition) is 2. The van der Waals surface area contributed by atoms with Gasteiger partial charge in [-0.2, -0.15) is 0 Å². The lowest BCUT2D eigenvalue weighted by Gasteiger charge is -2.08. The molecule has 0 aliphatic rings. The van der Waals surface area contributed by atoms with Crippen LogP contribution in [0.1, 0.15) is 15.9 Å². The van der Waals surface area contributed by atoms with E-state index in [9.17, 15) is 9.18 Å². The summed E-state index contributed by atoms with van der Waals surface area (Å²) in [5.41, 5.74) is 1.10. The maximum Gasteiger partial charge on any atom is 0.170 e. The van der Waals surface area contributed by atoms with E-state index in [0.29, 0.717) is 21.3 Å². The van der Waals surface area contributed by atoms with Crippen molar-refractivity contribution in [2.45, 2.75) is 6.42 Å². The highest BCUT2D eigenvalue weighted by Crippen LogP contribution is 2.25. The van der Waals surface area contributed by atoms with E-state index in [0.717, 1.165) is 4.47 Å². The topological polar surface area (TPSA) is 26.3 Å². The number of Topliss-reactive ketones (excluding diaryl/α,β-unsaturated/α-hetero) is 1. The number of rotatable bonds is 4. The molecule has 0 aliphatic carbocycles. The molecule has 0 unspecified atom stereocenters. The highest BCUT2D eigenvalue weighted by molar-refractivity contribution is 9.10. The second-order valence-corrected chi connectivity index (χ2v) is 6.05. The summed E-state index contributed by atoms with van der Waals surface area (Å²) in [6, 6.07) is 9.64. The Morgan fingerprint density at radius 2 is 1.90 bits per heavy atom. The first kappa shape index (κ1) is 15.2. The molecule has 0 spiro atoms. The van der Waals surface area contributed by atoms with Crippen LogP contribution in [0.4, 0.5) is 4.39 Å². The van der Waals surface area contributed by atoms with Crippen molar-refractivity contribution in [1.29, 1.82) is 0 Å². The lowest BCUT2D eigenvalue weighted by atomic mass is 10.0. The summed E-state index contributed by atoms with van der Waals surface area (Å²) in [4.78, 5) is 12.3. The fourth-order valence-electron chi connectivity index (χ4n) is 1.89. The standard InChI is InChI=1S/C15H11Br2FO2/c1-20-15-8-10(16)2-3-13(15)14(19)6-9-4-11(17)7-12(18)5-9/h2-5,7-8H,6H2,1H3. The molecule has 0 fully saturated rings. The van der Waals surface area contributed by atoms with Crippen molar-refractivity contribution >= 4 is 37.6 Å². The Morgan fingerprint density at radius 1 is 1.15 bits per heavy atom. The summed E-state index contributed by atoms with van der Waals surface area (Å²) in [6.07, 6.45) is 0.119. The smallest absolute Gasteiger partial charge is 0.170 e. The third-order valence-corrected chi connectivity index (χ3v) is 3.70. The number of ether oxygens (including phenoxy) is 1. The van der Waals surface area contributed by atoms with Gasteiger partial charge in [0.2, 0.25) is 0 Å². The molecule has 0 heterocycles. The van der Waals surface area contributed by atoms with Crippen LogP contribution in [0.2, 0.25) is 0 Å². The van der Waals surface area contributed by atoms with Gasteiger partial charge in [-0.25, -0.2) is 4.39 Å². The highest BCUT2D eigenvalue weighted by atomic mass is 79.9. The fourth-order valence-corrected chi connectivity index (χ4v) is 2.74. The normalized spacial score (nSPS) is 10.4. The second-order valence-electron chi connectivity index (χ2n) is 4.22. The Bertz CT molecular complexity index is 636. The van der Waals surface area contributed by atoms with Gasteiger partial charge in [0.05, 0.1) is 12.7 Å². The first-order valence-electron chi connectivity index (χ1n) is 5.81. The molecule has 2 rings (SSSR count).